The van der Waals surface area contributed by atoms with Crippen molar-refractivity contribution < 1.29 is 9.84 Å². The highest BCUT2D eigenvalue weighted by molar-refractivity contribution is 4.87. The van der Waals surface area contributed by atoms with Crippen LogP contribution in [0.15, 0.2) is 0 Å². The fraction of sp³-hybridized carbons (Fsp3) is 1.00. The zero-order valence-electron chi connectivity index (χ0n) is 7.49. The summed E-state index contributed by atoms with van der Waals surface area (Å²) in [7, 11) is 1.59. The van der Waals surface area contributed by atoms with E-state index in [0.29, 0.717) is 25.2 Å². The predicted octanol–water partition coefficient (Wildman–Crippen LogP) is -0.927. The molecule has 1 aliphatic rings. The number of aliphatic hydroxyl groups excluding tert-OH is 1. The molecule has 1 saturated carbocycles. The number of hydrogen-bond donors (Lipinski definition) is 3. The van der Waals surface area contributed by atoms with Gasteiger partial charge in [0.15, 0.2) is 0 Å². The molecule has 1 atom stereocenters. The average molecular weight is 174 g/mol. The van der Waals surface area contributed by atoms with Gasteiger partial charge in [0.25, 0.3) is 0 Å². The van der Waals surface area contributed by atoms with Gasteiger partial charge in [-0.25, -0.2) is 0 Å². The van der Waals surface area contributed by atoms with E-state index in [1.807, 2.05) is 0 Å². The number of ether oxygens (including phenoxy) is 1. The summed E-state index contributed by atoms with van der Waals surface area (Å²) >= 11 is 0. The highest BCUT2D eigenvalue weighted by Crippen LogP contribution is 2.16. The Morgan fingerprint density at radius 1 is 1.67 bits per heavy atom. The van der Waals surface area contributed by atoms with E-state index in [9.17, 15) is 5.11 Å². The van der Waals surface area contributed by atoms with E-state index in [2.05, 4.69) is 5.32 Å². The van der Waals surface area contributed by atoms with E-state index >= 15 is 0 Å². The molecule has 0 saturated heterocycles. The molecule has 1 aliphatic carbocycles. The quantitative estimate of drug-likeness (QED) is 0.504. The summed E-state index contributed by atoms with van der Waals surface area (Å²) in [4.78, 5) is 0. The topological polar surface area (TPSA) is 67.5 Å². The van der Waals surface area contributed by atoms with Crippen molar-refractivity contribution in [2.45, 2.75) is 31.0 Å². The van der Waals surface area contributed by atoms with E-state index in [1.54, 1.807) is 7.11 Å². The Labute approximate surface area is 73.1 Å². The minimum absolute atomic E-state index is 0.363. The molecule has 1 unspecified atom stereocenters. The Bertz CT molecular complexity index is 121. The average Bonchev–Trinajstić information content (AvgIpc) is 1.96. The first kappa shape index (κ1) is 9.92. The first-order valence-electron chi connectivity index (χ1n) is 4.38. The fourth-order valence-corrected chi connectivity index (χ4v) is 1.38. The van der Waals surface area contributed by atoms with Crippen LogP contribution in [0.5, 0.6) is 0 Å². The van der Waals surface area contributed by atoms with Gasteiger partial charge in [0.05, 0.1) is 12.7 Å². The molecule has 4 nitrogen and oxygen atoms in total. The lowest BCUT2D eigenvalue weighted by atomic mass is 9.87. The minimum Gasteiger partial charge on any atom is -0.389 e. The van der Waals surface area contributed by atoms with Crippen LogP contribution in [-0.2, 0) is 4.74 Å². The molecule has 0 spiro atoms. The van der Waals surface area contributed by atoms with Crippen molar-refractivity contribution in [1.82, 2.24) is 5.32 Å². The molecule has 1 fully saturated rings. The second kappa shape index (κ2) is 4.77. The van der Waals surface area contributed by atoms with Gasteiger partial charge in [-0.3, -0.25) is 0 Å². The van der Waals surface area contributed by atoms with Crippen LogP contribution in [0.1, 0.15) is 12.8 Å². The highest BCUT2D eigenvalue weighted by Gasteiger charge is 2.25. The van der Waals surface area contributed by atoms with E-state index < -0.39 is 6.10 Å². The SMILES string of the molecule is COCC(O)CNC1CC(N)C1. The maximum atomic E-state index is 9.26. The second-order valence-corrected chi connectivity index (χ2v) is 3.45. The normalized spacial score (nSPS) is 31.2. The molecule has 0 aromatic carbocycles. The van der Waals surface area contributed by atoms with Crippen LogP contribution in [0.25, 0.3) is 0 Å². The zero-order valence-corrected chi connectivity index (χ0v) is 7.49. The summed E-state index contributed by atoms with van der Waals surface area (Å²) in [5.41, 5.74) is 5.61. The lowest BCUT2D eigenvalue weighted by Crippen LogP contribution is -2.50. The van der Waals surface area contributed by atoms with Crippen LogP contribution in [-0.4, -0.2) is 43.6 Å². The third kappa shape index (κ3) is 3.06. The molecular formula is C8H18N2O2. The number of aliphatic hydroxyl groups is 1. The molecule has 1 rings (SSSR count). The lowest BCUT2D eigenvalue weighted by Gasteiger charge is -2.33. The summed E-state index contributed by atoms with van der Waals surface area (Å²) in [5, 5.41) is 12.5. The summed E-state index contributed by atoms with van der Waals surface area (Å²) in [5.74, 6) is 0. The van der Waals surface area contributed by atoms with Crippen LogP contribution < -0.4 is 11.1 Å². The van der Waals surface area contributed by atoms with Crippen LogP contribution in [0, 0.1) is 0 Å². The number of nitrogens with one attached hydrogen (secondary N) is 1. The number of hydrogen-bond acceptors (Lipinski definition) is 4. The van der Waals surface area contributed by atoms with Gasteiger partial charge < -0.3 is 20.9 Å². The van der Waals surface area contributed by atoms with Gasteiger partial charge in [0.1, 0.15) is 0 Å². The zero-order chi connectivity index (χ0) is 8.97. The van der Waals surface area contributed by atoms with Gasteiger partial charge in [-0.1, -0.05) is 0 Å². The van der Waals surface area contributed by atoms with Gasteiger partial charge in [-0.2, -0.15) is 0 Å². The van der Waals surface area contributed by atoms with Crippen LogP contribution >= 0.6 is 0 Å². The predicted molar refractivity (Wildman–Crippen MR) is 46.9 cm³/mol. The van der Waals surface area contributed by atoms with E-state index in [-0.39, 0.29) is 0 Å². The Morgan fingerprint density at radius 2 is 2.33 bits per heavy atom. The summed E-state index contributed by atoms with van der Waals surface area (Å²) in [6, 6.07) is 0.869. The van der Waals surface area contributed by atoms with Crippen LogP contribution in [0.3, 0.4) is 0 Å². The Hall–Kier alpha value is -0.160. The van der Waals surface area contributed by atoms with E-state index in [4.69, 9.17) is 10.5 Å². The smallest absolute Gasteiger partial charge is 0.0897 e. The van der Waals surface area contributed by atoms with E-state index in [0.717, 1.165) is 12.8 Å². The molecule has 0 heterocycles. The Morgan fingerprint density at radius 3 is 2.83 bits per heavy atom. The summed E-state index contributed by atoms with van der Waals surface area (Å²) < 4.78 is 4.79. The third-order valence-electron chi connectivity index (χ3n) is 2.18. The van der Waals surface area contributed by atoms with Gasteiger partial charge in [0.2, 0.25) is 0 Å². The maximum absolute atomic E-state index is 9.26. The molecule has 0 amide bonds. The first-order chi connectivity index (χ1) is 5.72. The molecule has 4 N–H and O–H groups in total. The number of rotatable bonds is 5. The van der Waals surface area contributed by atoms with Crippen molar-refractivity contribution in [2.24, 2.45) is 5.73 Å². The van der Waals surface area contributed by atoms with Crippen LogP contribution in [0.4, 0.5) is 0 Å². The molecule has 0 aliphatic heterocycles. The standard InChI is InChI=1S/C8H18N2O2/c1-12-5-8(11)4-10-7-2-6(9)3-7/h6-8,10-11H,2-5,9H2,1H3. The molecular weight excluding hydrogens is 156 g/mol. The summed E-state index contributed by atoms with van der Waals surface area (Å²) in [6.45, 7) is 0.997. The van der Waals surface area contributed by atoms with Crippen LogP contribution in [0.2, 0.25) is 0 Å². The lowest BCUT2D eigenvalue weighted by molar-refractivity contribution is 0.0598. The van der Waals surface area contributed by atoms with Gasteiger partial charge in [-0.15, -0.1) is 0 Å². The Balaban J connectivity index is 1.95. The molecule has 0 aromatic rings. The molecule has 12 heavy (non-hydrogen) atoms. The molecule has 4 heteroatoms. The monoisotopic (exact) mass is 174 g/mol. The number of nitrogens with two attached hydrogens (primary N) is 1. The van der Waals surface area contributed by atoms with Crippen molar-refractivity contribution in [3.63, 3.8) is 0 Å². The largest absolute Gasteiger partial charge is 0.389 e. The van der Waals surface area contributed by atoms with Crippen molar-refractivity contribution in [3.8, 4) is 0 Å². The molecule has 0 bridgehead atoms. The van der Waals surface area contributed by atoms with Crippen molar-refractivity contribution in [2.75, 3.05) is 20.3 Å². The Kier molecular flexibility index (Phi) is 3.94. The number of methoxy groups -OCH3 is 1. The van der Waals surface area contributed by atoms with Crippen molar-refractivity contribution >= 4 is 0 Å². The molecule has 0 aromatic heterocycles. The summed E-state index contributed by atoms with van der Waals surface area (Å²) in [6.07, 6.45) is 1.66. The molecule has 0 radical (unpaired) electrons. The van der Waals surface area contributed by atoms with E-state index in [1.165, 1.54) is 0 Å². The first-order valence-corrected chi connectivity index (χ1v) is 4.38. The minimum atomic E-state index is -0.396. The van der Waals surface area contributed by atoms with Crippen molar-refractivity contribution in [3.05, 3.63) is 0 Å². The van der Waals surface area contributed by atoms with Gasteiger partial charge in [-0.05, 0) is 12.8 Å². The van der Waals surface area contributed by atoms with Gasteiger partial charge in [0, 0.05) is 25.7 Å². The van der Waals surface area contributed by atoms with Crippen molar-refractivity contribution in [1.29, 1.82) is 0 Å². The molecule has 72 valence electrons. The maximum Gasteiger partial charge on any atom is 0.0897 e. The fourth-order valence-electron chi connectivity index (χ4n) is 1.38. The van der Waals surface area contributed by atoms with Gasteiger partial charge >= 0.3 is 0 Å². The second-order valence-electron chi connectivity index (χ2n) is 3.45. The third-order valence-corrected chi connectivity index (χ3v) is 2.18. The highest BCUT2D eigenvalue weighted by atomic mass is 16.5.